The molecular formula is C17H22N4O2. The second kappa shape index (κ2) is 7.17. The first-order valence-electron chi connectivity index (χ1n) is 7.86. The fraction of sp³-hybridized carbons (Fsp3) is 0.412. The van der Waals surface area contributed by atoms with E-state index < -0.39 is 0 Å². The molecule has 1 aromatic carbocycles. The summed E-state index contributed by atoms with van der Waals surface area (Å²) in [4.78, 5) is 11.2. The van der Waals surface area contributed by atoms with Crippen LogP contribution < -0.4 is 19.7 Å². The Hall–Kier alpha value is -2.50. The number of methoxy groups -OCH3 is 2. The highest BCUT2D eigenvalue weighted by Gasteiger charge is 2.13. The molecule has 0 radical (unpaired) electrons. The van der Waals surface area contributed by atoms with Crippen LogP contribution in [-0.4, -0.2) is 37.3 Å². The predicted octanol–water partition coefficient (Wildman–Crippen LogP) is 3.23. The van der Waals surface area contributed by atoms with Crippen LogP contribution in [0.3, 0.4) is 0 Å². The third kappa shape index (κ3) is 3.83. The number of aromatic nitrogens is 2. The Balaban J connectivity index is 1.80. The molecule has 2 aromatic rings. The van der Waals surface area contributed by atoms with Crippen molar-refractivity contribution < 1.29 is 9.47 Å². The van der Waals surface area contributed by atoms with Crippen molar-refractivity contribution in [2.75, 3.05) is 37.5 Å². The molecule has 122 valence electrons. The second-order valence-electron chi connectivity index (χ2n) is 5.51. The summed E-state index contributed by atoms with van der Waals surface area (Å²) in [7, 11) is 3.26. The molecule has 0 unspecified atom stereocenters. The number of rotatable bonds is 5. The molecule has 1 fully saturated rings. The topological polar surface area (TPSA) is 59.5 Å². The fourth-order valence-corrected chi connectivity index (χ4v) is 2.72. The molecule has 0 atom stereocenters. The average Bonchev–Trinajstić information content (AvgIpc) is 2.62. The van der Waals surface area contributed by atoms with Crippen molar-refractivity contribution in [2.45, 2.75) is 19.3 Å². The van der Waals surface area contributed by atoms with Gasteiger partial charge >= 0.3 is 0 Å². The van der Waals surface area contributed by atoms with E-state index in [0.717, 1.165) is 36.1 Å². The van der Waals surface area contributed by atoms with Gasteiger partial charge in [0.25, 0.3) is 0 Å². The van der Waals surface area contributed by atoms with Crippen molar-refractivity contribution in [3.63, 3.8) is 0 Å². The van der Waals surface area contributed by atoms with Gasteiger partial charge in [0.1, 0.15) is 17.3 Å². The molecule has 0 saturated carbocycles. The largest absolute Gasteiger partial charge is 0.497 e. The normalized spacial score (nSPS) is 14.4. The number of nitrogens with one attached hydrogen (secondary N) is 1. The van der Waals surface area contributed by atoms with Gasteiger partial charge in [-0.05, 0) is 25.3 Å². The zero-order valence-electron chi connectivity index (χ0n) is 13.6. The lowest BCUT2D eigenvalue weighted by Gasteiger charge is -2.27. The quantitative estimate of drug-likeness (QED) is 0.914. The molecule has 0 bridgehead atoms. The third-order valence-corrected chi connectivity index (χ3v) is 3.93. The highest BCUT2D eigenvalue weighted by molar-refractivity contribution is 5.60. The molecule has 1 saturated heterocycles. The highest BCUT2D eigenvalue weighted by Crippen LogP contribution is 2.27. The molecule has 6 heteroatoms. The van der Waals surface area contributed by atoms with Gasteiger partial charge in [0.15, 0.2) is 0 Å². The Bertz CT molecular complexity index is 635. The van der Waals surface area contributed by atoms with Crippen LogP contribution in [0, 0.1) is 0 Å². The van der Waals surface area contributed by atoms with Crippen molar-refractivity contribution in [1.29, 1.82) is 0 Å². The van der Waals surface area contributed by atoms with E-state index in [1.807, 2.05) is 24.3 Å². The standard InChI is InChI=1S/C17H22N4O2/c1-22-14-10-13(11-15(12-14)23-2)19-17-18-7-6-16(20-17)21-8-4-3-5-9-21/h6-7,10-12H,3-5,8-9H2,1-2H3,(H,18,19,20). The Morgan fingerprint density at radius 2 is 1.70 bits per heavy atom. The van der Waals surface area contributed by atoms with Crippen LogP contribution >= 0.6 is 0 Å². The first-order valence-corrected chi connectivity index (χ1v) is 7.86. The maximum Gasteiger partial charge on any atom is 0.229 e. The van der Waals surface area contributed by atoms with Crippen LogP contribution in [0.2, 0.25) is 0 Å². The van der Waals surface area contributed by atoms with Gasteiger partial charge in [0.2, 0.25) is 5.95 Å². The number of hydrogen-bond acceptors (Lipinski definition) is 6. The summed E-state index contributed by atoms with van der Waals surface area (Å²) in [6, 6.07) is 7.57. The summed E-state index contributed by atoms with van der Waals surface area (Å²) in [5, 5.41) is 3.22. The van der Waals surface area contributed by atoms with Crippen molar-refractivity contribution in [3.05, 3.63) is 30.5 Å². The number of hydrogen-bond donors (Lipinski definition) is 1. The monoisotopic (exact) mass is 314 g/mol. The Labute approximate surface area is 136 Å². The molecule has 6 nitrogen and oxygen atoms in total. The van der Waals surface area contributed by atoms with E-state index in [9.17, 15) is 0 Å². The molecule has 0 aliphatic carbocycles. The molecule has 1 aromatic heterocycles. The number of anilines is 3. The minimum atomic E-state index is 0.573. The van der Waals surface area contributed by atoms with Crippen molar-refractivity contribution in [3.8, 4) is 11.5 Å². The van der Waals surface area contributed by atoms with E-state index in [1.165, 1.54) is 19.3 Å². The molecule has 23 heavy (non-hydrogen) atoms. The predicted molar refractivity (Wildman–Crippen MR) is 90.9 cm³/mol. The minimum absolute atomic E-state index is 0.573. The van der Waals surface area contributed by atoms with Crippen LogP contribution in [0.1, 0.15) is 19.3 Å². The number of piperidine rings is 1. The summed E-state index contributed by atoms with van der Waals surface area (Å²) in [6.07, 6.45) is 5.53. The molecule has 2 heterocycles. The highest BCUT2D eigenvalue weighted by atomic mass is 16.5. The lowest BCUT2D eigenvalue weighted by atomic mass is 10.1. The van der Waals surface area contributed by atoms with Crippen molar-refractivity contribution in [2.24, 2.45) is 0 Å². The average molecular weight is 314 g/mol. The van der Waals surface area contributed by atoms with E-state index in [2.05, 4.69) is 20.2 Å². The van der Waals surface area contributed by atoms with Crippen LogP contribution in [0.4, 0.5) is 17.5 Å². The van der Waals surface area contributed by atoms with E-state index in [0.29, 0.717) is 5.95 Å². The van der Waals surface area contributed by atoms with Gasteiger partial charge in [-0.1, -0.05) is 0 Å². The van der Waals surface area contributed by atoms with Crippen molar-refractivity contribution >= 4 is 17.5 Å². The molecular weight excluding hydrogens is 292 g/mol. The Morgan fingerprint density at radius 1 is 1.00 bits per heavy atom. The van der Waals surface area contributed by atoms with E-state index in [-0.39, 0.29) is 0 Å². The Morgan fingerprint density at radius 3 is 2.35 bits per heavy atom. The van der Waals surface area contributed by atoms with Crippen LogP contribution in [0.5, 0.6) is 11.5 Å². The van der Waals surface area contributed by atoms with Gasteiger partial charge in [-0.15, -0.1) is 0 Å². The molecule has 1 N–H and O–H groups in total. The van der Waals surface area contributed by atoms with Gasteiger partial charge < -0.3 is 19.7 Å². The lowest BCUT2D eigenvalue weighted by molar-refractivity contribution is 0.395. The SMILES string of the molecule is COc1cc(Nc2nccc(N3CCCCC3)n2)cc(OC)c1. The summed E-state index contributed by atoms with van der Waals surface area (Å²) < 4.78 is 10.6. The molecule has 1 aliphatic heterocycles. The molecule has 0 amide bonds. The van der Waals surface area contributed by atoms with Gasteiger partial charge in [-0.25, -0.2) is 4.98 Å². The zero-order valence-corrected chi connectivity index (χ0v) is 13.6. The Kier molecular flexibility index (Phi) is 4.80. The first-order chi connectivity index (χ1) is 11.3. The van der Waals surface area contributed by atoms with Gasteiger partial charge in [-0.3, -0.25) is 0 Å². The third-order valence-electron chi connectivity index (χ3n) is 3.93. The maximum absolute atomic E-state index is 5.28. The zero-order chi connectivity index (χ0) is 16.1. The number of benzene rings is 1. The smallest absolute Gasteiger partial charge is 0.229 e. The number of nitrogens with zero attached hydrogens (tertiary/aromatic N) is 3. The maximum atomic E-state index is 5.28. The lowest BCUT2D eigenvalue weighted by Crippen LogP contribution is -2.30. The van der Waals surface area contributed by atoms with E-state index in [1.54, 1.807) is 20.4 Å². The summed E-state index contributed by atoms with van der Waals surface area (Å²) in [6.45, 7) is 2.12. The van der Waals surface area contributed by atoms with Gasteiger partial charge in [0, 0.05) is 43.2 Å². The summed E-state index contributed by atoms with van der Waals surface area (Å²) in [5.41, 5.74) is 0.831. The van der Waals surface area contributed by atoms with Crippen LogP contribution in [0.25, 0.3) is 0 Å². The van der Waals surface area contributed by atoms with Crippen LogP contribution in [-0.2, 0) is 0 Å². The second-order valence-corrected chi connectivity index (χ2v) is 5.51. The van der Waals surface area contributed by atoms with Gasteiger partial charge in [0.05, 0.1) is 14.2 Å². The number of ether oxygens (including phenoxy) is 2. The molecule has 1 aliphatic rings. The summed E-state index contributed by atoms with van der Waals surface area (Å²) >= 11 is 0. The first kappa shape index (κ1) is 15.4. The summed E-state index contributed by atoms with van der Waals surface area (Å²) in [5.74, 6) is 2.98. The molecule has 0 spiro atoms. The van der Waals surface area contributed by atoms with E-state index in [4.69, 9.17) is 9.47 Å². The fourth-order valence-electron chi connectivity index (χ4n) is 2.72. The van der Waals surface area contributed by atoms with Gasteiger partial charge in [-0.2, -0.15) is 4.98 Å². The van der Waals surface area contributed by atoms with E-state index >= 15 is 0 Å². The van der Waals surface area contributed by atoms with Crippen LogP contribution in [0.15, 0.2) is 30.5 Å². The minimum Gasteiger partial charge on any atom is -0.497 e. The van der Waals surface area contributed by atoms with Crippen molar-refractivity contribution in [1.82, 2.24) is 9.97 Å². The molecule has 3 rings (SSSR count).